The summed E-state index contributed by atoms with van der Waals surface area (Å²) in [5.74, 6) is -0.529. The highest BCUT2D eigenvalue weighted by atomic mass is 35.5. The van der Waals surface area contributed by atoms with Crippen molar-refractivity contribution in [3.8, 4) is 0 Å². The molecule has 1 aromatic rings. The van der Waals surface area contributed by atoms with E-state index in [9.17, 15) is 4.79 Å². The van der Waals surface area contributed by atoms with Crippen molar-refractivity contribution < 1.29 is 4.79 Å². The zero-order chi connectivity index (χ0) is 11.4. The van der Waals surface area contributed by atoms with Gasteiger partial charge in [0.25, 0.3) is 0 Å². The molecule has 15 heavy (non-hydrogen) atoms. The van der Waals surface area contributed by atoms with Crippen molar-refractivity contribution in [2.75, 3.05) is 11.9 Å². The van der Waals surface area contributed by atoms with Gasteiger partial charge in [-0.1, -0.05) is 11.6 Å². The highest BCUT2D eigenvalue weighted by molar-refractivity contribution is 6.34. The zero-order valence-corrected chi connectivity index (χ0v) is 9.21. The Kier molecular flexibility index (Phi) is 3.94. The van der Waals surface area contributed by atoms with Gasteiger partial charge >= 0.3 is 0 Å². The number of amides is 1. The number of nitrogens with one attached hydrogen (secondary N) is 1. The van der Waals surface area contributed by atoms with E-state index < -0.39 is 5.91 Å². The van der Waals surface area contributed by atoms with Crippen molar-refractivity contribution in [1.82, 2.24) is 0 Å². The first-order chi connectivity index (χ1) is 7.04. The van der Waals surface area contributed by atoms with Gasteiger partial charge in [0, 0.05) is 18.3 Å². The number of benzene rings is 1. The average molecular weight is 228 g/mol. The van der Waals surface area contributed by atoms with E-state index in [0.29, 0.717) is 17.1 Å². The summed E-state index contributed by atoms with van der Waals surface area (Å²) in [5, 5.41) is 3.48. The Morgan fingerprint density at radius 1 is 1.60 bits per heavy atom. The smallest absolute Gasteiger partial charge is 0.250 e. The first-order valence-corrected chi connectivity index (χ1v) is 4.98. The summed E-state index contributed by atoms with van der Waals surface area (Å²) in [5.41, 5.74) is 11.7. The minimum absolute atomic E-state index is 0.153. The molecule has 0 aliphatic carbocycles. The zero-order valence-electron chi connectivity index (χ0n) is 8.46. The van der Waals surface area contributed by atoms with Crippen LogP contribution in [-0.4, -0.2) is 18.5 Å². The molecule has 0 saturated heterocycles. The fraction of sp³-hybridized carbons (Fsp3) is 0.300. The van der Waals surface area contributed by atoms with Crippen molar-refractivity contribution in [3.63, 3.8) is 0 Å². The molecule has 1 amide bonds. The lowest BCUT2D eigenvalue weighted by Gasteiger charge is -2.13. The molecule has 5 heteroatoms. The quantitative estimate of drug-likeness (QED) is 0.723. The summed E-state index contributed by atoms with van der Waals surface area (Å²) in [4.78, 5) is 10.9. The van der Waals surface area contributed by atoms with Crippen molar-refractivity contribution >= 4 is 23.2 Å². The van der Waals surface area contributed by atoms with Crippen LogP contribution in [0.3, 0.4) is 0 Å². The summed E-state index contributed by atoms with van der Waals surface area (Å²) < 4.78 is 0. The Morgan fingerprint density at radius 2 is 2.27 bits per heavy atom. The van der Waals surface area contributed by atoms with E-state index in [1.807, 2.05) is 6.92 Å². The van der Waals surface area contributed by atoms with Gasteiger partial charge < -0.3 is 16.8 Å². The molecule has 0 heterocycles. The first kappa shape index (κ1) is 11.8. The number of hydrogen-bond acceptors (Lipinski definition) is 3. The second-order valence-electron chi connectivity index (χ2n) is 3.34. The molecule has 0 fully saturated rings. The van der Waals surface area contributed by atoms with Crippen LogP contribution in [0.2, 0.25) is 5.02 Å². The van der Waals surface area contributed by atoms with E-state index in [1.54, 1.807) is 18.2 Å². The van der Waals surface area contributed by atoms with Gasteiger partial charge in [0.05, 0.1) is 10.6 Å². The van der Waals surface area contributed by atoms with E-state index in [0.717, 1.165) is 5.69 Å². The lowest BCUT2D eigenvalue weighted by Crippen LogP contribution is -2.25. The second kappa shape index (κ2) is 5.00. The lowest BCUT2D eigenvalue weighted by molar-refractivity contribution is 0.100. The number of carbonyl (C=O) groups excluding carboxylic acids is 1. The molecule has 0 aliphatic rings. The maximum atomic E-state index is 10.9. The summed E-state index contributed by atoms with van der Waals surface area (Å²) in [6.45, 7) is 2.48. The maximum absolute atomic E-state index is 10.9. The van der Waals surface area contributed by atoms with Crippen LogP contribution >= 0.6 is 11.6 Å². The molecule has 4 nitrogen and oxygen atoms in total. The predicted octanol–water partition coefficient (Wildman–Crippen LogP) is 1.20. The number of carbonyl (C=O) groups is 1. The number of primary amides is 1. The monoisotopic (exact) mass is 227 g/mol. The molecule has 0 saturated carbocycles. The van der Waals surface area contributed by atoms with Crippen LogP contribution in [-0.2, 0) is 0 Å². The van der Waals surface area contributed by atoms with Crippen LogP contribution in [0.15, 0.2) is 18.2 Å². The van der Waals surface area contributed by atoms with Crippen LogP contribution in [0.25, 0.3) is 0 Å². The van der Waals surface area contributed by atoms with Gasteiger partial charge in [-0.15, -0.1) is 0 Å². The van der Waals surface area contributed by atoms with E-state index in [-0.39, 0.29) is 6.04 Å². The molecule has 0 spiro atoms. The summed E-state index contributed by atoms with van der Waals surface area (Å²) in [6, 6.07) is 5.16. The van der Waals surface area contributed by atoms with Crippen molar-refractivity contribution in [1.29, 1.82) is 0 Å². The molecular formula is C10H14ClN3O. The van der Waals surface area contributed by atoms with Crippen LogP contribution in [0.4, 0.5) is 5.69 Å². The molecule has 1 atom stereocenters. The van der Waals surface area contributed by atoms with Crippen molar-refractivity contribution in [2.45, 2.75) is 13.0 Å². The number of nitrogens with two attached hydrogens (primary N) is 2. The Hall–Kier alpha value is -1.26. The van der Waals surface area contributed by atoms with E-state index in [2.05, 4.69) is 5.32 Å². The van der Waals surface area contributed by atoms with Gasteiger partial charge in [0.1, 0.15) is 0 Å². The molecule has 1 rings (SSSR count). The van der Waals surface area contributed by atoms with Crippen molar-refractivity contribution in [3.05, 3.63) is 28.8 Å². The molecule has 0 bridgehead atoms. The minimum atomic E-state index is -0.529. The van der Waals surface area contributed by atoms with Gasteiger partial charge in [-0.25, -0.2) is 0 Å². The Balaban J connectivity index is 2.87. The third-order valence-corrected chi connectivity index (χ3v) is 2.31. The molecular weight excluding hydrogens is 214 g/mol. The standard InChI is InChI=1S/C10H14ClN3O/c1-6(5-12)14-7-2-3-8(10(13)15)9(11)4-7/h2-4,6,14H,5,12H2,1H3,(H2,13,15). The van der Waals surface area contributed by atoms with Gasteiger partial charge in [-0.05, 0) is 25.1 Å². The summed E-state index contributed by atoms with van der Waals surface area (Å²) in [6.07, 6.45) is 0. The number of halogens is 1. The second-order valence-corrected chi connectivity index (χ2v) is 3.75. The third kappa shape index (κ3) is 3.11. The molecule has 82 valence electrons. The molecule has 0 radical (unpaired) electrons. The van der Waals surface area contributed by atoms with E-state index in [1.165, 1.54) is 0 Å². The average Bonchev–Trinajstić information content (AvgIpc) is 2.17. The molecule has 5 N–H and O–H groups in total. The Labute approximate surface area is 93.6 Å². The first-order valence-electron chi connectivity index (χ1n) is 4.60. The summed E-state index contributed by atoms with van der Waals surface area (Å²) in [7, 11) is 0. The molecule has 1 aromatic carbocycles. The Bertz CT molecular complexity index is 368. The number of hydrogen-bond donors (Lipinski definition) is 3. The lowest BCUT2D eigenvalue weighted by atomic mass is 10.2. The van der Waals surface area contributed by atoms with Crippen LogP contribution in [0.1, 0.15) is 17.3 Å². The van der Waals surface area contributed by atoms with Crippen LogP contribution in [0, 0.1) is 0 Å². The molecule has 0 aliphatic heterocycles. The molecule has 0 aromatic heterocycles. The van der Waals surface area contributed by atoms with Crippen molar-refractivity contribution in [2.24, 2.45) is 11.5 Å². The maximum Gasteiger partial charge on any atom is 0.250 e. The highest BCUT2D eigenvalue weighted by Crippen LogP contribution is 2.20. The topological polar surface area (TPSA) is 81.1 Å². The number of anilines is 1. The fourth-order valence-corrected chi connectivity index (χ4v) is 1.42. The van der Waals surface area contributed by atoms with E-state index >= 15 is 0 Å². The minimum Gasteiger partial charge on any atom is -0.381 e. The normalized spacial score (nSPS) is 12.2. The predicted molar refractivity (Wildman–Crippen MR) is 62.1 cm³/mol. The highest BCUT2D eigenvalue weighted by Gasteiger charge is 2.07. The van der Waals surface area contributed by atoms with Gasteiger partial charge in [0.15, 0.2) is 0 Å². The third-order valence-electron chi connectivity index (χ3n) is 2.00. The SMILES string of the molecule is CC(CN)Nc1ccc(C(N)=O)c(Cl)c1. The fourth-order valence-electron chi connectivity index (χ4n) is 1.15. The number of rotatable bonds is 4. The van der Waals surface area contributed by atoms with Crippen LogP contribution in [0.5, 0.6) is 0 Å². The summed E-state index contributed by atoms with van der Waals surface area (Å²) >= 11 is 5.88. The largest absolute Gasteiger partial charge is 0.381 e. The van der Waals surface area contributed by atoms with Gasteiger partial charge in [-0.3, -0.25) is 4.79 Å². The van der Waals surface area contributed by atoms with E-state index in [4.69, 9.17) is 23.1 Å². The van der Waals surface area contributed by atoms with Gasteiger partial charge in [-0.2, -0.15) is 0 Å². The molecule has 1 unspecified atom stereocenters. The van der Waals surface area contributed by atoms with Gasteiger partial charge in [0.2, 0.25) is 5.91 Å². The Morgan fingerprint density at radius 3 is 2.73 bits per heavy atom. The van der Waals surface area contributed by atoms with Crippen LogP contribution < -0.4 is 16.8 Å².